The van der Waals surface area contributed by atoms with Crippen LogP contribution in [0.3, 0.4) is 0 Å². The van der Waals surface area contributed by atoms with Crippen LogP contribution in [0.5, 0.6) is 5.75 Å². The van der Waals surface area contributed by atoms with Crippen LogP contribution in [0.2, 0.25) is 0 Å². The van der Waals surface area contributed by atoms with Crippen molar-refractivity contribution >= 4 is 0 Å². The van der Waals surface area contributed by atoms with E-state index in [0.717, 1.165) is 24.1 Å². The minimum absolute atomic E-state index is 0.234. The maximum Gasteiger partial charge on any atom is 0.120 e. The lowest BCUT2D eigenvalue weighted by Crippen LogP contribution is -2.23. The molecule has 1 saturated carbocycles. The molecule has 0 aliphatic heterocycles. The fourth-order valence-corrected chi connectivity index (χ4v) is 2.61. The fourth-order valence-electron chi connectivity index (χ4n) is 2.61. The monoisotopic (exact) mass is 247 g/mol. The lowest BCUT2D eigenvalue weighted by atomic mass is 10.0. The van der Waals surface area contributed by atoms with E-state index in [1.165, 1.54) is 12.0 Å². The minimum Gasteiger partial charge on any atom is -0.491 e. The van der Waals surface area contributed by atoms with Crippen LogP contribution >= 0.6 is 0 Å². The SMILES string of the molecule is CCNC(c1cccc(OC(C)C)c1)C1CC1C. The molecule has 1 aromatic carbocycles. The van der Waals surface area contributed by atoms with E-state index in [2.05, 4.69) is 51.2 Å². The maximum absolute atomic E-state index is 5.78. The molecule has 1 fully saturated rings. The van der Waals surface area contributed by atoms with Crippen LogP contribution in [0.1, 0.15) is 45.7 Å². The lowest BCUT2D eigenvalue weighted by Gasteiger charge is -2.19. The van der Waals surface area contributed by atoms with Crippen molar-refractivity contribution in [1.29, 1.82) is 0 Å². The summed E-state index contributed by atoms with van der Waals surface area (Å²) in [5.74, 6) is 2.63. The number of benzene rings is 1. The summed E-state index contributed by atoms with van der Waals surface area (Å²) in [5.41, 5.74) is 1.37. The Morgan fingerprint density at radius 3 is 2.67 bits per heavy atom. The molecule has 0 spiro atoms. The quantitative estimate of drug-likeness (QED) is 0.826. The molecule has 3 atom stereocenters. The average molecular weight is 247 g/mol. The van der Waals surface area contributed by atoms with Gasteiger partial charge in [-0.15, -0.1) is 0 Å². The molecule has 1 aliphatic rings. The highest BCUT2D eigenvalue weighted by Crippen LogP contribution is 2.47. The van der Waals surface area contributed by atoms with Gasteiger partial charge in [0.15, 0.2) is 0 Å². The second-order valence-electron chi connectivity index (χ2n) is 5.65. The second kappa shape index (κ2) is 5.75. The summed E-state index contributed by atoms with van der Waals surface area (Å²) in [6.07, 6.45) is 1.57. The Balaban J connectivity index is 2.14. The molecule has 2 heteroatoms. The Labute approximate surface area is 111 Å². The molecule has 0 saturated heterocycles. The number of hydrogen-bond acceptors (Lipinski definition) is 2. The first-order valence-corrected chi connectivity index (χ1v) is 7.11. The van der Waals surface area contributed by atoms with E-state index in [1.54, 1.807) is 0 Å². The molecular formula is C16H25NO. The molecule has 1 aromatic rings. The smallest absolute Gasteiger partial charge is 0.120 e. The zero-order chi connectivity index (χ0) is 13.1. The number of rotatable bonds is 6. The molecule has 2 nitrogen and oxygen atoms in total. The molecular weight excluding hydrogens is 222 g/mol. The summed E-state index contributed by atoms with van der Waals surface area (Å²) in [7, 11) is 0. The molecule has 0 aromatic heterocycles. The van der Waals surface area contributed by atoms with Crippen LogP contribution < -0.4 is 10.1 Å². The first-order valence-electron chi connectivity index (χ1n) is 7.11. The van der Waals surface area contributed by atoms with Gasteiger partial charge in [-0.05, 0) is 56.3 Å². The number of nitrogens with one attached hydrogen (secondary N) is 1. The van der Waals surface area contributed by atoms with Gasteiger partial charge in [0.1, 0.15) is 5.75 Å². The van der Waals surface area contributed by atoms with E-state index in [0.29, 0.717) is 6.04 Å². The first kappa shape index (κ1) is 13.4. The van der Waals surface area contributed by atoms with Crippen LogP contribution in [-0.4, -0.2) is 12.6 Å². The van der Waals surface area contributed by atoms with Crippen molar-refractivity contribution in [3.63, 3.8) is 0 Å². The van der Waals surface area contributed by atoms with Crippen molar-refractivity contribution in [2.24, 2.45) is 11.8 Å². The second-order valence-corrected chi connectivity index (χ2v) is 5.65. The number of hydrogen-bond donors (Lipinski definition) is 1. The predicted octanol–water partition coefficient (Wildman–Crippen LogP) is 3.78. The average Bonchev–Trinajstić information content (AvgIpc) is 3.02. The zero-order valence-corrected chi connectivity index (χ0v) is 11.9. The van der Waals surface area contributed by atoms with Gasteiger partial charge in [-0.3, -0.25) is 0 Å². The number of ether oxygens (including phenoxy) is 1. The van der Waals surface area contributed by atoms with Crippen LogP contribution in [0, 0.1) is 11.8 Å². The van der Waals surface area contributed by atoms with E-state index < -0.39 is 0 Å². The van der Waals surface area contributed by atoms with Crippen molar-refractivity contribution in [2.45, 2.75) is 46.3 Å². The van der Waals surface area contributed by atoms with E-state index in [-0.39, 0.29) is 6.10 Å². The normalized spacial score (nSPS) is 24.1. The molecule has 0 amide bonds. The Bertz CT molecular complexity index is 388. The molecule has 100 valence electrons. The minimum atomic E-state index is 0.234. The summed E-state index contributed by atoms with van der Waals surface area (Å²) in [5, 5.41) is 3.62. The highest BCUT2D eigenvalue weighted by molar-refractivity contribution is 5.32. The van der Waals surface area contributed by atoms with Crippen LogP contribution in [0.15, 0.2) is 24.3 Å². The highest BCUT2D eigenvalue weighted by Gasteiger charge is 2.39. The molecule has 1 aliphatic carbocycles. The Kier molecular flexibility index (Phi) is 4.28. The van der Waals surface area contributed by atoms with Gasteiger partial charge in [0.2, 0.25) is 0 Å². The fraction of sp³-hybridized carbons (Fsp3) is 0.625. The third kappa shape index (κ3) is 3.26. The molecule has 0 heterocycles. The van der Waals surface area contributed by atoms with Gasteiger partial charge in [-0.2, -0.15) is 0 Å². The Morgan fingerprint density at radius 1 is 1.39 bits per heavy atom. The summed E-state index contributed by atoms with van der Waals surface area (Å²) < 4.78 is 5.78. The molecule has 18 heavy (non-hydrogen) atoms. The summed E-state index contributed by atoms with van der Waals surface area (Å²) in [6.45, 7) is 9.66. The molecule has 2 rings (SSSR count). The van der Waals surface area contributed by atoms with Crippen molar-refractivity contribution in [3.05, 3.63) is 29.8 Å². The molecule has 3 unspecified atom stereocenters. The van der Waals surface area contributed by atoms with Crippen LogP contribution in [0.4, 0.5) is 0 Å². The predicted molar refractivity (Wildman–Crippen MR) is 75.9 cm³/mol. The topological polar surface area (TPSA) is 21.3 Å². The third-order valence-corrected chi connectivity index (χ3v) is 3.61. The van der Waals surface area contributed by atoms with Crippen LogP contribution in [-0.2, 0) is 0 Å². The van der Waals surface area contributed by atoms with Crippen LogP contribution in [0.25, 0.3) is 0 Å². The van der Waals surface area contributed by atoms with Crippen molar-refractivity contribution < 1.29 is 4.74 Å². The van der Waals surface area contributed by atoms with Gasteiger partial charge in [0.25, 0.3) is 0 Å². The van der Waals surface area contributed by atoms with Gasteiger partial charge in [0, 0.05) is 6.04 Å². The van der Waals surface area contributed by atoms with Crippen molar-refractivity contribution in [2.75, 3.05) is 6.54 Å². The Morgan fingerprint density at radius 2 is 2.11 bits per heavy atom. The lowest BCUT2D eigenvalue weighted by molar-refractivity contribution is 0.242. The van der Waals surface area contributed by atoms with Gasteiger partial charge in [0.05, 0.1) is 6.10 Å². The van der Waals surface area contributed by atoms with Crippen molar-refractivity contribution in [3.8, 4) is 5.75 Å². The highest BCUT2D eigenvalue weighted by atomic mass is 16.5. The van der Waals surface area contributed by atoms with Gasteiger partial charge in [-0.25, -0.2) is 0 Å². The van der Waals surface area contributed by atoms with E-state index >= 15 is 0 Å². The third-order valence-electron chi connectivity index (χ3n) is 3.61. The molecule has 1 N–H and O–H groups in total. The Hall–Kier alpha value is -1.02. The van der Waals surface area contributed by atoms with Gasteiger partial charge < -0.3 is 10.1 Å². The summed E-state index contributed by atoms with van der Waals surface area (Å²) >= 11 is 0. The first-order chi connectivity index (χ1) is 8.61. The zero-order valence-electron chi connectivity index (χ0n) is 11.9. The van der Waals surface area contributed by atoms with Gasteiger partial charge in [-0.1, -0.05) is 26.0 Å². The standard InChI is InChI=1S/C16H25NO/c1-5-17-16(15-9-12(15)4)13-7-6-8-14(10-13)18-11(2)3/h6-8,10-12,15-17H,5,9H2,1-4H3. The van der Waals surface area contributed by atoms with E-state index in [1.807, 2.05) is 6.07 Å². The summed E-state index contributed by atoms with van der Waals surface area (Å²) in [4.78, 5) is 0. The van der Waals surface area contributed by atoms with E-state index in [4.69, 9.17) is 4.74 Å². The molecule has 0 bridgehead atoms. The largest absolute Gasteiger partial charge is 0.491 e. The summed E-state index contributed by atoms with van der Waals surface area (Å²) in [6, 6.07) is 9.04. The van der Waals surface area contributed by atoms with Gasteiger partial charge >= 0.3 is 0 Å². The van der Waals surface area contributed by atoms with Crippen molar-refractivity contribution in [1.82, 2.24) is 5.32 Å². The maximum atomic E-state index is 5.78. The van der Waals surface area contributed by atoms with E-state index in [9.17, 15) is 0 Å². The molecule has 0 radical (unpaired) electrons.